The Bertz CT molecular complexity index is 4530. The normalized spacial score (nSPS) is 11.9. The van der Waals surface area contributed by atoms with Gasteiger partial charge < -0.3 is 5.73 Å². The summed E-state index contributed by atoms with van der Waals surface area (Å²) in [4.78, 5) is 15.9. The van der Waals surface area contributed by atoms with Crippen LogP contribution in [0.3, 0.4) is 0 Å². The van der Waals surface area contributed by atoms with Crippen LogP contribution in [0, 0.1) is 0 Å². The second-order valence-corrected chi connectivity index (χ2v) is 20.5. The largest absolute Gasteiger partial charge is 0.383 e. The van der Waals surface area contributed by atoms with Crippen LogP contribution in [-0.2, 0) is 6.54 Å². The highest BCUT2D eigenvalue weighted by Gasteiger charge is 2.26. The fraction of sp³-hybridized carbons (Fsp3) is 0.0132. The van der Waals surface area contributed by atoms with Crippen LogP contribution in [0.15, 0.2) is 313 Å². The van der Waals surface area contributed by atoms with Crippen molar-refractivity contribution in [3.63, 3.8) is 0 Å². The van der Waals surface area contributed by atoms with E-state index in [1.54, 1.807) is 0 Å². The Morgan fingerprint density at radius 3 is 1.32 bits per heavy atom. The number of benzene rings is 12. The van der Waals surface area contributed by atoms with Crippen molar-refractivity contribution in [3.8, 4) is 83.6 Å². The number of amidine groups is 2. The van der Waals surface area contributed by atoms with E-state index in [2.05, 4.69) is 264 Å². The van der Waals surface area contributed by atoms with Gasteiger partial charge in [0.15, 0.2) is 5.84 Å². The first-order valence-electron chi connectivity index (χ1n) is 27.7. The topological polar surface area (TPSA) is 73.0 Å². The molecule has 2 N–H and O–H groups in total. The van der Waals surface area contributed by atoms with E-state index in [1.165, 1.54) is 0 Å². The molecular formula is C76H54N6. The number of hydrogen-bond acceptors (Lipinski definition) is 2. The highest BCUT2D eigenvalue weighted by Crippen LogP contribution is 2.46. The molecule has 0 amide bonds. The van der Waals surface area contributed by atoms with E-state index in [0.717, 1.165) is 128 Å². The molecule has 0 aliphatic rings. The van der Waals surface area contributed by atoms with Gasteiger partial charge in [0, 0.05) is 22.3 Å². The van der Waals surface area contributed by atoms with Gasteiger partial charge in [0.1, 0.15) is 5.84 Å². The third kappa shape index (κ3) is 9.44. The van der Waals surface area contributed by atoms with Crippen molar-refractivity contribution < 1.29 is 0 Å². The van der Waals surface area contributed by atoms with Gasteiger partial charge in [-0.3, -0.25) is 14.0 Å². The first-order valence-corrected chi connectivity index (χ1v) is 27.7. The van der Waals surface area contributed by atoms with E-state index in [1.807, 2.05) is 48.5 Å². The molecule has 388 valence electrons. The van der Waals surface area contributed by atoms with Crippen LogP contribution in [0.4, 0.5) is 0 Å². The van der Waals surface area contributed by atoms with Crippen molar-refractivity contribution in [2.24, 2.45) is 15.7 Å². The standard InChI is InChI=1S/C76H54N6/c77-74(80-75(59-39-23-8-24-40-59)78-51-52-25-9-1-10-26-52)63-47-64(55-31-15-4-16-32-55)72(65(48-63)56-33-17-5-18-34-56)61-42-44-69-71(50-61)81-70-49-60(53-27-11-2-12-28-53)41-43-68(70)79-76(81)82(69)73-66(57-35-19-6-20-36-57)45-62(54-29-13-3-14-30-54)46-67(73)58-37-21-7-22-38-58/h1-50H,51H2,(H2,77,78,80). The lowest BCUT2D eigenvalue weighted by atomic mass is 9.85. The molecular weight excluding hydrogens is 997 g/mol. The smallest absolute Gasteiger partial charge is 0.220 e. The lowest BCUT2D eigenvalue weighted by Crippen LogP contribution is -2.17. The summed E-state index contributed by atoms with van der Waals surface area (Å²) in [5.74, 6) is 1.74. The van der Waals surface area contributed by atoms with Crippen molar-refractivity contribution in [1.29, 1.82) is 0 Å². The van der Waals surface area contributed by atoms with Gasteiger partial charge in [-0.1, -0.05) is 255 Å². The minimum Gasteiger partial charge on any atom is -0.383 e. The van der Waals surface area contributed by atoms with E-state index in [4.69, 9.17) is 20.7 Å². The molecule has 6 heteroatoms. The molecule has 14 aromatic rings. The Kier molecular flexibility index (Phi) is 13.1. The van der Waals surface area contributed by atoms with Gasteiger partial charge in [0.25, 0.3) is 0 Å². The summed E-state index contributed by atoms with van der Waals surface area (Å²) in [7, 11) is 0. The minimum atomic E-state index is 0.367. The number of hydrogen-bond donors (Lipinski definition) is 1. The zero-order valence-electron chi connectivity index (χ0n) is 44.9. The van der Waals surface area contributed by atoms with Crippen LogP contribution in [0.5, 0.6) is 0 Å². The van der Waals surface area contributed by atoms with E-state index < -0.39 is 0 Å². The molecule has 2 heterocycles. The minimum absolute atomic E-state index is 0.367. The highest BCUT2D eigenvalue weighted by atomic mass is 15.2. The van der Waals surface area contributed by atoms with Crippen molar-refractivity contribution in [3.05, 3.63) is 320 Å². The van der Waals surface area contributed by atoms with Crippen LogP contribution >= 0.6 is 0 Å². The summed E-state index contributed by atoms with van der Waals surface area (Å²) < 4.78 is 4.78. The summed E-state index contributed by atoms with van der Waals surface area (Å²) in [6, 6.07) is 107. The summed E-state index contributed by atoms with van der Waals surface area (Å²) in [6.45, 7) is 0.461. The molecule has 6 nitrogen and oxygen atoms in total. The van der Waals surface area contributed by atoms with Crippen LogP contribution in [0.2, 0.25) is 0 Å². The molecule has 2 aromatic heterocycles. The number of fused-ring (bicyclic) bond motifs is 5. The van der Waals surface area contributed by atoms with Gasteiger partial charge in [-0.15, -0.1) is 0 Å². The molecule has 0 aliphatic carbocycles. The number of nitrogens with two attached hydrogens (primary N) is 1. The number of rotatable bonds is 12. The summed E-state index contributed by atoms with van der Waals surface area (Å²) in [6.07, 6.45) is 0. The van der Waals surface area contributed by atoms with Crippen molar-refractivity contribution in [2.75, 3.05) is 0 Å². The Balaban J connectivity index is 1.06. The van der Waals surface area contributed by atoms with Crippen molar-refractivity contribution >= 4 is 39.5 Å². The van der Waals surface area contributed by atoms with Crippen LogP contribution in [0.25, 0.3) is 111 Å². The van der Waals surface area contributed by atoms with E-state index in [-0.39, 0.29) is 0 Å². The highest BCUT2D eigenvalue weighted by molar-refractivity contribution is 6.13. The number of aliphatic imine (C=N–C) groups is 2. The second kappa shape index (κ2) is 21.7. The molecule has 0 unspecified atom stereocenters. The molecule has 0 radical (unpaired) electrons. The number of nitrogens with zero attached hydrogens (tertiary/aromatic N) is 5. The lowest BCUT2D eigenvalue weighted by molar-refractivity contribution is 1.06. The second-order valence-electron chi connectivity index (χ2n) is 20.5. The van der Waals surface area contributed by atoms with Crippen LogP contribution < -0.4 is 5.73 Å². The molecule has 0 fully saturated rings. The van der Waals surface area contributed by atoms with E-state index >= 15 is 0 Å². The quantitative estimate of drug-likeness (QED) is 0.0978. The number of imidazole rings is 2. The maximum Gasteiger partial charge on any atom is 0.220 e. The first-order chi connectivity index (χ1) is 40.6. The Morgan fingerprint density at radius 1 is 0.354 bits per heavy atom. The number of aromatic nitrogens is 3. The zero-order valence-corrected chi connectivity index (χ0v) is 44.9. The van der Waals surface area contributed by atoms with E-state index in [9.17, 15) is 0 Å². The van der Waals surface area contributed by atoms with Crippen molar-refractivity contribution in [1.82, 2.24) is 14.0 Å². The van der Waals surface area contributed by atoms with Gasteiger partial charge in [-0.05, 0) is 121 Å². The van der Waals surface area contributed by atoms with Gasteiger partial charge in [-0.2, -0.15) is 0 Å². The molecule has 0 bridgehead atoms. The first kappa shape index (κ1) is 49.4. The van der Waals surface area contributed by atoms with Crippen LogP contribution in [0.1, 0.15) is 16.7 Å². The molecule has 0 atom stereocenters. The molecule has 0 saturated heterocycles. The van der Waals surface area contributed by atoms with Gasteiger partial charge in [0.2, 0.25) is 5.78 Å². The zero-order chi connectivity index (χ0) is 54.8. The Labute approximate surface area is 476 Å². The molecule has 12 aromatic carbocycles. The monoisotopic (exact) mass is 1050 g/mol. The third-order valence-electron chi connectivity index (χ3n) is 15.4. The Morgan fingerprint density at radius 2 is 0.793 bits per heavy atom. The molecule has 0 spiro atoms. The Hall–Kier alpha value is -11.0. The molecule has 82 heavy (non-hydrogen) atoms. The fourth-order valence-electron chi connectivity index (χ4n) is 11.5. The fourth-order valence-corrected chi connectivity index (χ4v) is 11.5. The van der Waals surface area contributed by atoms with Crippen molar-refractivity contribution in [2.45, 2.75) is 6.54 Å². The average Bonchev–Trinajstić information content (AvgIpc) is 3.03. The predicted molar refractivity (Wildman–Crippen MR) is 341 cm³/mol. The summed E-state index contributed by atoms with van der Waals surface area (Å²) in [5.41, 5.74) is 30.2. The summed E-state index contributed by atoms with van der Waals surface area (Å²) >= 11 is 0. The molecule has 14 rings (SSSR count). The molecule has 0 aliphatic heterocycles. The molecule has 0 saturated carbocycles. The van der Waals surface area contributed by atoms with Gasteiger partial charge in [0.05, 0.1) is 34.3 Å². The van der Waals surface area contributed by atoms with Crippen LogP contribution in [-0.4, -0.2) is 25.6 Å². The summed E-state index contributed by atoms with van der Waals surface area (Å²) in [5, 5.41) is 0. The maximum atomic E-state index is 7.28. The average molecular weight is 1050 g/mol. The third-order valence-corrected chi connectivity index (χ3v) is 15.4. The maximum absolute atomic E-state index is 7.28. The van der Waals surface area contributed by atoms with Gasteiger partial charge in [-0.25, -0.2) is 9.98 Å². The van der Waals surface area contributed by atoms with Gasteiger partial charge >= 0.3 is 0 Å². The van der Waals surface area contributed by atoms with E-state index in [0.29, 0.717) is 18.2 Å². The predicted octanol–water partition coefficient (Wildman–Crippen LogP) is 18.5. The SMILES string of the molecule is N/C(=N\C(=N/Cc1ccccc1)c1ccccc1)c1cc(-c2ccccc2)c(-c2ccc3c(c2)n2c4cc(-c5ccccc5)ccc4nc2n3-c2c(-c3ccccc3)cc(-c3ccccc3)cc2-c2ccccc2)c(-c2ccccc2)c1. The lowest BCUT2D eigenvalue weighted by Gasteiger charge is -2.21.